The van der Waals surface area contributed by atoms with E-state index in [1.54, 1.807) is 7.11 Å². The summed E-state index contributed by atoms with van der Waals surface area (Å²) in [7, 11) is 1.56. The van der Waals surface area contributed by atoms with Gasteiger partial charge in [0.25, 0.3) is 0 Å². The molecule has 0 saturated heterocycles. The van der Waals surface area contributed by atoms with E-state index < -0.39 is 12.0 Å². The van der Waals surface area contributed by atoms with Crippen molar-refractivity contribution < 1.29 is 17.9 Å². The summed E-state index contributed by atoms with van der Waals surface area (Å²) in [6.45, 7) is 8.45. The van der Waals surface area contributed by atoms with E-state index in [1.807, 2.05) is 25.3 Å². The van der Waals surface area contributed by atoms with Crippen LogP contribution in [0.2, 0.25) is 0 Å². The van der Waals surface area contributed by atoms with Gasteiger partial charge in [-0.1, -0.05) is 19.4 Å². The van der Waals surface area contributed by atoms with Gasteiger partial charge in [0.1, 0.15) is 23.4 Å². The van der Waals surface area contributed by atoms with Crippen molar-refractivity contribution in [3.8, 4) is 5.75 Å². The van der Waals surface area contributed by atoms with Crippen LogP contribution in [0.25, 0.3) is 10.9 Å². The molecule has 2 heterocycles. The number of aromatic nitrogens is 4. The third-order valence-electron chi connectivity index (χ3n) is 5.61. The molecule has 2 aromatic heterocycles. The van der Waals surface area contributed by atoms with E-state index in [4.69, 9.17) is 4.74 Å². The number of hydrogen-bond acceptors (Lipinski definition) is 7. The molecule has 34 heavy (non-hydrogen) atoms. The Kier molecular flexibility index (Phi) is 7.80. The lowest BCUT2D eigenvalue weighted by Gasteiger charge is -2.13. The molecule has 1 aromatic carbocycles. The summed E-state index contributed by atoms with van der Waals surface area (Å²) >= 11 is 0. The number of aliphatic imine (C=N–C) groups is 1. The molecule has 1 N–H and O–H groups in total. The maximum atomic E-state index is 12.7. The van der Waals surface area contributed by atoms with Crippen molar-refractivity contribution in [2.75, 3.05) is 12.4 Å². The van der Waals surface area contributed by atoms with Crippen molar-refractivity contribution in [3.63, 3.8) is 0 Å². The first-order valence-electron chi connectivity index (χ1n) is 10.8. The quantitative estimate of drug-likeness (QED) is 0.416. The van der Waals surface area contributed by atoms with E-state index >= 15 is 0 Å². The molecule has 0 aliphatic rings. The number of anilines is 1. The zero-order chi connectivity index (χ0) is 24.9. The average molecular weight is 473 g/mol. The number of alkyl halides is 3. The number of halogens is 3. The second-order valence-electron chi connectivity index (χ2n) is 7.96. The van der Waals surface area contributed by atoms with Crippen LogP contribution in [-0.2, 0) is 12.7 Å². The van der Waals surface area contributed by atoms with Gasteiger partial charge >= 0.3 is 6.18 Å². The summed E-state index contributed by atoms with van der Waals surface area (Å²) in [5, 5.41) is 3.83. The highest BCUT2D eigenvalue weighted by molar-refractivity contribution is 6.05. The third-order valence-corrected chi connectivity index (χ3v) is 5.61. The molecule has 0 amide bonds. The molecule has 180 valence electrons. The summed E-state index contributed by atoms with van der Waals surface area (Å²) in [4.78, 5) is 20.1. The topological polar surface area (TPSA) is 85.2 Å². The molecule has 0 aliphatic carbocycles. The molecule has 7 nitrogen and oxygen atoms in total. The largest absolute Gasteiger partial charge is 0.494 e. The molecule has 0 aliphatic heterocycles. The van der Waals surface area contributed by atoms with E-state index in [0.29, 0.717) is 34.0 Å². The Morgan fingerprint density at radius 1 is 1.15 bits per heavy atom. The SMILES string of the molecule is CCC(C)/C(C)=C\N=C(C)c1cc(OC)c2ncnc(NCc3cnc(C(F)(F)F)nc3)c2c1. The van der Waals surface area contributed by atoms with Crippen LogP contribution < -0.4 is 10.1 Å². The van der Waals surface area contributed by atoms with Gasteiger partial charge in [-0.15, -0.1) is 0 Å². The number of hydrogen-bond donors (Lipinski definition) is 1. The Labute approximate surface area is 196 Å². The Morgan fingerprint density at radius 2 is 1.85 bits per heavy atom. The van der Waals surface area contributed by atoms with Crippen LogP contribution in [0, 0.1) is 5.92 Å². The molecule has 1 atom stereocenters. The van der Waals surface area contributed by atoms with Crippen LogP contribution in [-0.4, -0.2) is 32.8 Å². The van der Waals surface area contributed by atoms with E-state index in [0.717, 1.165) is 30.1 Å². The minimum absolute atomic E-state index is 0.181. The minimum atomic E-state index is -4.58. The van der Waals surface area contributed by atoms with Crippen LogP contribution in [0.3, 0.4) is 0 Å². The Balaban J connectivity index is 1.92. The van der Waals surface area contributed by atoms with Crippen molar-refractivity contribution in [2.45, 2.75) is 46.8 Å². The van der Waals surface area contributed by atoms with E-state index in [2.05, 4.69) is 51.0 Å². The van der Waals surface area contributed by atoms with Gasteiger partial charge in [0, 0.05) is 47.4 Å². The number of nitrogens with zero attached hydrogens (tertiary/aromatic N) is 5. The predicted molar refractivity (Wildman–Crippen MR) is 126 cm³/mol. The van der Waals surface area contributed by atoms with Crippen molar-refractivity contribution in [2.24, 2.45) is 10.9 Å². The van der Waals surface area contributed by atoms with Gasteiger partial charge in [0.05, 0.1) is 7.11 Å². The number of methoxy groups -OCH3 is 1. The number of benzene rings is 1. The van der Waals surface area contributed by atoms with Gasteiger partial charge in [0.2, 0.25) is 5.82 Å². The third kappa shape index (κ3) is 5.86. The fourth-order valence-corrected chi connectivity index (χ4v) is 3.14. The minimum Gasteiger partial charge on any atom is -0.494 e. The standard InChI is InChI=1S/C24H27F3N6O/c1-6-14(2)15(3)9-28-16(4)18-7-19-21(20(8-18)34-5)32-13-33-22(19)29-10-17-11-30-23(31-12-17)24(25,26)27/h7-9,11-14H,6,10H2,1-5H3,(H,29,32,33)/b15-9-,28-16?. The summed E-state index contributed by atoms with van der Waals surface area (Å²) < 4.78 is 43.6. The van der Waals surface area contributed by atoms with Crippen LogP contribution in [0.1, 0.15) is 51.1 Å². The van der Waals surface area contributed by atoms with Gasteiger partial charge in [-0.25, -0.2) is 19.9 Å². The molecule has 0 bridgehead atoms. The summed E-state index contributed by atoms with van der Waals surface area (Å²) in [6, 6.07) is 3.78. The van der Waals surface area contributed by atoms with Crippen molar-refractivity contribution >= 4 is 22.4 Å². The molecule has 0 spiro atoms. The highest BCUT2D eigenvalue weighted by atomic mass is 19.4. The van der Waals surface area contributed by atoms with Gasteiger partial charge in [-0.3, -0.25) is 4.99 Å². The highest BCUT2D eigenvalue weighted by Gasteiger charge is 2.34. The van der Waals surface area contributed by atoms with Crippen LogP contribution in [0.4, 0.5) is 19.0 Å². The van der Waals surface area contributed by atoms with Gasteiger partial charge in [-0.05, 0) is 38.3 Å². The smallest absolute Gasteiger partial charge is 0.451 e. The van der Waals surface area contributed by atoms with Gasteiger partial charge in [0.15, 0.2) is 0 Å². The monoisotopic (exact) mass is 472 g/mol. The lowest BCUT2D eigenvalue weighted by Crippen LogP contribution is -2.12. The van der Waals surface area contributed by atoms with Crippen LogP contribution in [0.15, 0.2) is 47.6 Å². The van der Waals surface area contributed by atoms with E-state index in [-0.39, 0.29) is 6.54 Å². The average Bonchev–Trinajstić information content (AvgIpc) is 2.84. The second-order valence-corrected chi connectivity index (χ2v) is 7.96. The zero-order valence-electron chi connectivity index (χ0n) is 19.7. The van der Waals surface area contributed by atoms with Crippen LogP contribution in [0.5, 0.6) is 5.75 Å². The second kappa shape index (κ2) is 10.6. The molecule has 0 radical (unpaired) electrons. The van der Waals surface area contributed by atoms with Crippen molar-refractivity contribution in [3.05, 3.63) is 59.6 Å². The maximum absolute atomic E-state index is 12.7. The summed E-state index contributed by atoms with van der Waals surface area (Å²) in [6.07, 6.45) is 2.02. The van der Waals surface area contributed by atoms with Gasteiger partial charge < -0.3 is 10.1 Å². The van der Waals surface area contributed by atoms with Gasteiger partial charge in [-0.2, -0.15) is 13.2 Å². The molecule has 3 rings (SSSR count). The Hall–Kier alpha value is -3.56. The number of allylic oxidation sites excluding steroid dienone is 1. The first kappa shape index (κ1) is 25.1. The Bertz CT molecular complexity index is 1210. The number of nitrogens with one attached hydrogen (secondary N) is 1. The zero-order valence-corrected chi connectivity index (χ0v) is 19.7. The molecular formula is C24H27F3N6O. The molecule has 0 saturated carbocycles. The van der Waals surface area contributed by atoms with Crippen molar-refractivity contribution in [1.29, 1.82) is 0 Å². The fraction of sp³-hybridized carbons (Fsp3) is 0.375. The number of fused-ring (bicyclic) bond motifs is 1. The molecular weight excluding hydrogens is 445 g/mol. The summed E-state index contributed by atoms with van der Waals surface area (Å²) in [5.41, 5.74) is 3.92. The van der Waals surface area contributed by atoms with Crippen molar-refractivity contribution in [1.82, 2.24) is 19.9 Å². The van der Waals surface area contributed by atoms with E-state index in [1.165, 1.54) is 11.9 Å². The first-order chi connectivity index (χ1) is 16.1. The lowest BCUT2D eigenvalue weighted by atomic mass is 10.0. The lowest BCUT2D eigenvalue weighted by molar-refractivity contribution is -0.145. The fourth-order valence-electron chi connectivity index (χ4n) is 3.14. The normalized spacial score (nSPS) is 13.8. The molecule has 10 heteroatoms. The molecule has 1 unspecified atom stereocenters. The maximum Gasteiger partial charge on any atom is 0.451 e. The Morgan fingerprint density at radius 3 is 2.47 bits per heavy atom. The number of rotatable bonds is 8. The number of ether oxygens (including phenoxy) is 1. The van der Waals surface area contributed by atoms with E-state index in [9.17, 15) is 13.2 Å². The summed E-state index contributed by atoms with van der Waals surface area (Å²) in [5.74, 6) is 0.337. The highest BCUT2D eigenvalue weighted by Crippen LogP contribution is 2.30. The molecule has 3 aromatic rings. The molecule has 0 fully saturated rings. The first-order valence-corrected chi connectivity index (χ1v) is 10.8. The van der Waals surface area contributed by atoms with Crippen LogP contribution >= 0.6 is 0 Å². The predicted octanol–water partition coefficient (Wildman–Crippen LogP) is 5.82.